The number of amides is 1. The molecule has 5 nitrogen and oxygen atoms in total. The van der Waals surface area contributed by atoms with Gasteiger partial charge in [-0.15, -0.1) is 0 Å². The van der Waals surface area contributed by atoms with Crippen LogP contribution in [0.4, 0.5) is 5.69 Å². The van der Waals surface area contributed by atoms with Gasteiger partial charge >= 0.3 is 0 Å². The summed E-state index contributed by atoms with van der Waals surface area (Å²) in [5.74, 6) is 0.607. The highest BCUT2D eigenvalue weighted by Crippen LogP contribution is 2.21. The van der Waals surface area contributed by atoms with E-state index in [1.807, 2.05) is 13.8 Å². The summed E-state index contributed by atoms with van der Waals surface area (Å²) in [6.45, 7) is 6.50. The lowest BCUT2D eigenvalue weighted by molar-refractivity contribution is 0.0539. The molecule has 116 valence electrons. The Kier molecular flexibility index (Phi) is 5.44. The van der Waals surface area contributed by atoms with E-state index in [4.69, 9.17) is 15.2 Å². The van der Waals surface area contributed by atoms with Crippen molar-refractivity contribution in [1.82, 2.24) is 4.90 Å². The molecule has 21 heavy (non-hydrogen) atoms. The van der Waals surface area contributed by atoms with Crippen molar-refractivity contribution in [2.24, 2.45) is 0 Å². The maximum Gasteiger partial charge on any atom is 0.254 e. The molecule has 1 amide bonds. The normalized spacial score (nSPS) is 17.7. The lowest BCUT2D eigenvalue weighted by Gasteiger charge is -2.24. The Hall–Kier alpha value is -1.75. The molecule has 2 rings (SSSR count). The van der Waals surface area contributed by atoms with Crippen LogP contribution in [-0.2, 0) is 4.74 Å². The monoisotopic (exact) mass is 292 g/mol. The number of ether oxygens (including phenoxy) is 2. The van der Waals surface area contributed by atoms with E-state index in [9.17, 15) is 4.79 Å². The number of carbonyl (C=O) groups excluding carboxylic acids is 1. The number of nitrogens with two attached hydrogens (primary N) is 1. The number of benzene rings is 1. The summed E-state index contributed by atoms with van der Waals surface area (Å²) in [5.41, 5.74) is 6.96. The van der Waals surface area contributed by atoms with Crippen molar-refractivity contribution in [1.29, 1.82) is 0 Å². The minimum Gasteiger partial charge on any atom is -0.494 e. The van der Waals surface area contributed by atoms with Gasteiger partial charge in [0.25, 0.3) is 5.91 Å². The summed E-state index contributed by atoms with van der Waals surface area (Å²) in [7, 11) is 0. The minimum absolute atomic E-state index is 0.0266. The lowest BCUT2D eigenvalue weighted by atomic mass is 10.1. The zero-order chi connectivity index (χ0) is 15.2. The summed E-state index contributed by atoms with van der Waals surface area (Å²) in [5, 5.41) is 0. The van der Waals surface area contributed by atoms with Gasteiger partial charge in [-0.3, -0.25) is 4.79 Å². The van der Waals surface area contributed by atoms with E-state index in [2.05, 4.69) is 0 Å². The Bertz CT molecular complexity index is 484. The maximum atomic E-state index is 12.6. The third-order valence-electron chi connectivity index (χ3n) is 3.60. The molecule has 0 aliphatic carbocycles. The quantitative estimate of drug-likeness (QED) is 0.817. The van der Waals surface area contributed by atoms with Gasteiger partial charge < -0.3 is 20.1 Å². The zero-order valence-corrected chi connectivity index (χ0v) is 12.8. The Labute approximate surface area is 126 Å². The fourth-order valence-corrected chi connectivity index (χ4v) is 2.57. The molecule has 2 N–H and O–H groups in total. The highest BCUT2D eigenvalue weighted by atomic mass is 16.5. The molecule has 1 aromatic carbocycles. The average molecular weight is 292 g/mol. The van der Waals surface area contributed by atoms with Crippen LogP contribution < -0.4 is 10.5 Å². The van der Waals surface area contributed by atoms with Crippen LogP contribution in [0.15, 0.2) is 18.2 Å². The van der Waals surface area contributed by atoms with Crippen molar-refractivity contribution < 1.29 is 14.3 Å². The first-order valence-electron chi connectivity index (χ1n) is 7.58. The second kappa shape index (κ2) is 7.31. The second-order valence-corrected chi connectivity index (χ2v) is 5.20. The van der Waals surface area contributed by atoms with Crippen LogP contribution >= 0.6 is 0 Å². The third kappa shape index (κ3) is 4.11. The van der Waals surface area contributed by atoms with E-state index in [1.54, 1.807) is 23.1 Å². The fourth-order valence-electron chi connectivity index (χ4n) is 2.57. The molecule has 0 radical (unpaired) electrons. The number of rotatable bonds is 6. The van der Waals surface area contributed by atoms with E-state index in [1.165, 1.54) is 0 Å². The molecule has 1 aromatic rings. The van der Waals surface area contributed by atoms with Crippen LogP contribution in [0.1, 0.15) is 37.0 Å². The van der Waals surface area contributed by atoms with Crippen LogP contribution in [-0.4, -0.2) is 43.2 Å². The van der Waals surface area contributed by atoms with Gasteiger partial charge in [0.1, 0.15) is 5.75 Å². The molecule has 1 fully saturated rings. The van der Waals surface area contributed by atoms with Gasteiger partial charge in [-0.25, -0.2) is 0 Å². The van der Waals surface area contributed by atoms with Crippen molar-refractivity contribution >= 4 is 11.6 Å². The molecule has 1 aliphatic heterocycles. The van der Waals surface area contributed by atoms with Gasteiger partial charge in [0.05, 0.1) is 12.7 Å². The SMILES string of the molecule is CCOc1cc(N)cc(C(=O)N(CC)CC2CCCO2)c1. The lowest BCUT2D eigenvalue weighted by Crippen LogP contribution is -2.37. The summed E-state index contributed by atoms with van der Waals surface area (Å²) in [6.07, 6.45) is 2.25. The zero-order valence-electron chi connectivity index (χ0n) is 12.8. The molecular formula is C16H24N2O3. The van der Waals surface area contributed by atoms with Crippen LogP contribution in [0.3, 0.4) is 0 Å². The molecule has 1 aliphatic rings. The molecule has 0 saturated carbocycles. The van der Waals surface area contributed by atoms with Crippen molar-refractivity contribution in [3.05, 3.63) is 23.8 Å². The molecule has 1 atom stereocenters. The van der Waals surface area contributed by atoms with E-state index in [0.29, 0.717) is 36.7 Å². The first kappa shape index (κ1) is 15.6. The largest absolute Gasteiger partial charge is 0.494 e. The van der Waals surface area contributed by atoms with Crippen LogP contribution in [0.5, 0.6) is 5.75 Å². The molecule has 1 saturated heterocycles. The Morgan fingerprint density at radius 3 is 2.86 bits per heavy atom. The highest BCUT2D eigenvalue weighted by Gasteiger charge is 2.22. The number of hydrogen-bond acceptors (Lipinski definition) is 4. The van der Waals surface area contributed by atoms with Crippen LogP contribution in [0.25, 0.3) is 0 Å². The van der Waals surface area contributed by atoms with Gasteiger partial charge in [-0.2, -0.15) is 0 Å². The van der Waals surface area contributed by atoms with E-state index in [-0.39, 0.29) is 12.0 Å². The highest BCUT2D eigenvalue weighted by molar-refractivity contribution is 5.95. The van der Waals surface area contributed by atoms with Gasteiger partial charge in [-0.1, -0.05) is 0 Å². The smallest absolute Gasteiger partial charge is 0.254 e. The predicted molar refractivity (Wildman–Crippen MR) is 82.6 cm³/mol. The molecule has 1 heterocycles. The molecular weight excluding hydrogens is 268 g/mol. The number of nitrogens with zero attached hydrogens (tertiary/aromatic N) is 1. The first-order chi connectivity index (χ1) is 10.1. The minimum atomic E-state index is -0.0266. The molecule has 0 aromatic heterocycles. The van der Waals surface area contributed by atoms with E-state index in [0.717, 1.165) is 19.4 Å². The van der Waals surface area contributed by atoms with Crippen molar-refractivity contribution in [3.8, 4) is 5.75 Å². The number of carbonyl (C=O) groups is 1. The van der Waals surface area contributed by atoms with Crippen molar-refractivity contribution in [2.75, 3.05) is 32.0 Å². The third-order valence-corrected chi connectivity index (χ3v) is 3.60. The number of anilines is 1. The molecule has 0 bridgehead atoms. The predicted octanol–water partition coefficient (Wildman–Crippen LogP) is 2.31. The topological polar surface area (TPSA) is 64.8 Å². The first-order valence-corrected chi connectivity index (χ1v) is 7.58. The van der Waals surface area contributed by atoms with Gasteiger partial charge in [0, 0.05) is 37.0 Å². The van der Waals surface area contributed by atoms with E-state index >= 15 is 0 Å². The van der Waals surface area contributed by atoms with Crippen molar-refractivity contribution in [3.63, 3.8) is 0 Å². The summed E-state index contributed by atoms with van der Waals surface area (Å²) in [4.78, 5) is 14.4. The van der Waals surface area contributed by atoms with Crippen LogP contribution in [0.2, 0.25) is 0 Å². The molecule has 1 unspecified atom stereocenters. The summed E-state index contributed by atoms with van der Waals surface area (Å²) < 4.78 is 11.1. The second-order valence-electron chi connectivity index (χ2n) is 5.20. The number of likely N-dealkylation sites (N-methyl/N-ethyl adjacent to an activating group) is 1. The fraction of sp³-hybridized carbons (Fsp3) is 0.562. The van der Waals surface area contributed by atoms with Gasteiger partial charge in [0.15, 0.2) is 0 Å². The Morgan fingerprint density at radius 1 is 1.43 bits per heavy atom. The van der Waals surface area contributed by atoms with Crippen molar-refractivity contribution in [2.45, 2.75) is 32.8 Å². The molecule has 5 heteroatoms. The maximum absolute atomic E-state index is 12.6. The van der Waals surface area contributed by atoms with Gasteiger partial charge in [-0.05, 0) is 38.8 Å². The Balaban J connectivity index is 2.12. The van der Waals surface area contributed by atoms with E-state index < -0.39 is 0 Å². The number of nitrogen functional groups attached to an aromatic ring is 1. The van der Waals surface area contributed by atoms with Gasteiger partial charge in [0.2, 0.25) is 0 Å². The standard InChI is InChI=1S/C16H24N2O3/c1-3-18(11-14-6-5-7-21-14)16(19)12-8-13(17)10-15(9-12)20-4-2/h8-10,14H,3-7,11,17H2,1-2H3. The summed E-state index contributed by atoms with van der Waals surface area (Å²) >= 11 is 0. The molecule has 0 spiro atoms. The Morgan fingerprint density at radius 2 is 2.24 bits per heavy atom. The summed E-state index contributed by atoms with van der Waals surface area (Å²) in [6, 6.07) is 5.18. The average Bonchev–Trinajstić information content (AvgIpc) is 2.96. The number of hydrogen-bond donors (Lipinski definition) is 1. The van der Waals surface area contributed by atoms with Crippen LogP contribution in [0, 0.1) is 0 Å².